The highest BCUT2D eigenvalue weighted by Gasteiger charge is 2.21. The lowest BCUT2D eigenvalue weighted by Gasteiger charge is -2.13. The van der Waals surface area contributed by atoms with Crippen LogP contribution in [0.4, 0.5) is 17.3 Å². The van der Waals surface area contributed by atoms with Crippen LogP contribution in [-0.2, 0) is 15.6 Å². The number of fused-ring (bicyclic) bond motifs is 2. The van der Waals surface area contributed by atoms with Crippen molar-refractivity contribution in [2.45, 2.75) is 10.8 Å². The molecular formula is C23H21N7O2S. The average Bonchev–Trinajstić information content (AvgIpc) is 3.24. The van der Waals surface area contributed by atoms with E-state index in [1.165, 1.54) is 6.33 Å². The molecule has 5 rings (SSSR count). The maximum Gasteiger partial charge on any atom is 0.199 e. The molecule has 10 heteroatoms. The molecule has 166 valence electrons. The van der Waals surface area contributed by atoms with Gasteiger partial charge in [-0.1, -0.05) is 30.3 Å². The van der Waals surface area contributed by atoms with Crippen molar-refractivity contribution in [3.05, 3.63) is 72.7 Å². The molecule has 0 spiro atoms. The molecule has 3 aromatic heterocycles. The Balaban J connectivity index is 1.48. The second kappa shape index (κ2) is 8.14. The minimum Gasteiger partial charge on any atom is -0.363 e. The van der Waals surface area contributed by atoms with Crippen molar-refractivity contribution in [2.24, 2.45) is 0 Å². The van der Waals surface area contributed by atoms with Gasteiger partial charge in [0.05, 0.1) is 23.0 Å². The van der Waals surface area contributed by atoms with Gasteiger partial charge in [-0.15, -0.1) is 0 Å². The molecule has 0 saturated carbocycles. The molecule has 0 aliphatic carbocycles. The summed E-state index contributed by atoms with van der Waals surface area (Å²) in [6.45, 7) is 0. The number of nitrogens with one attached hydrogen (secondary N) is 2. The Kier molecular flexibility index (Phi) is 5.14. The highest BCUT2D eigenvalue weighted by Crippen LogP contribution is 2.29. The van der Waals surface area contributed by atoms with E-state index in [0.29, 0.717) is 22.2 Å². The molecule has 9 nitrogen and oxygen atoms in total. The van der Waals surface area contributed by atoms with Gasteiger partial charge in [0.1, 0.15) is 18.0 Å². The molecule has 5 aromatic rings. The molecule has 0 radical (unpaired) electrons. The van der Waals surface area contributed by atoms with Crippen LogP contribution in [0.2, 0.25) is 0 Å². The van der Waals surface area contributed by atoms with Crippen LogP contribution in [0.5, 0.6) is 0 Å². The maximum atomic E-state index is 13.0. The summed E-state index contributed by atoms with van der Waals surface area (Å²) in [5, 5.41) is 11.7. The molecule has 0 bridgehead atoms. The fourth-order valence-corrected chi connectivity index (χ4v) is 5.06. The summed E-state index contributed by atoms with van der Waals surface area (Å²) in [6, 6.07) is 16.3. The summed E-state index contributed by atoms with van der Waals surface area (Å²) in [5.74, 6) is 1.31. The van der Waals surface area contributed by atoms with E-state index in [-0.39, 0.29) is 10.8 Å². The largest absolute Gasteiger partial charge is 0.363 e. The monoisotopic (exact) mass is 459 g/mol. The van der Waals surface area contributed by atoms with Crippen molar-refractivity contribution in [1.82, 2.24) is 25.1 Å². The zero-order chi connectivity index (χ0) is 23.0. The molecule has 2 aromatic carbocycles. The van der Waals surface area contributed by atoms with E-state index in [1.54, 1.807) is 36.5 Å². The Morgan fingerprint density at radius 1 is 0.939 bits per heavy atom. The van der Waals surface area contributed by atoms with E-state index in [4.69, 9.17) is 0 Å². The van der Waals surface area contributed by atoms with Crippen molar-refractivity contribution in [1.29, 1.82) is 0 Å². The average molecular weight is 460 g/mol. The fraction of sp³-hybridized carbons (Fsp3) is 0.130. The predicted octanol–water partition coefficient (Wildman–Crippen LogP) is 3.68. The number of aromatic nitrogens is 5. The van der Waals surface area contributed by atoms with Crippen LogP contribution < -0.4 is 10.2 Å². The van der Waals surface area contributed by atoms with Gasteiger partial charge < -0.3 is 10.2 Å². The molecule has 0 aliphatic rings. The van der Waals surface area contributed by atoms with E-state index in [9.17, 15) is 8.42 Å². The third kappa shape index (κ3) is 4.08. The number of aromatic amines is 1. The molecule has 0 saturated heterocycles. The van der Waals surface area contributed by atoms with Crippen molar-refractivity contribution in [3.63, 3.8) is 0 Å². The second-order valence-corrected chi connectivity index (χ2v) is 9.76. The van der Waals surface area contributed by atoms with Crippen LogP contribution in [0.15, 0.2) is 72.1 Å². The number of pyridine rings is 1. The lowest BCUT2D eigenvalue weighted by atomic mass is 10.2. The molecule has 33 heavy (non-hydrogen) atoms. The van der Waals surface area contributed by atoms with E-state index in [0.717, 1.165) is 22.5 Å². The van der Waals surface area contributed by atoms with Gasteiger partial charge in [-0.2, -0.15) is 5.10 Å². The summed E-state index contributed by atoms with van der Waals surface area (Å²) >= 11 is 0. The normalized spacial score (nSPS) is 11.7. The molecule has 0 aliphatic heterocycles. The lowest BCUT2D eigenvalue weighted by Crippen LogP contribution is -2.10. The molecule has 0 fully saturated rings. The second-order valence-electron chi connectivity index (χ2n) is 7.83. The van der Waals surface area contributed by atoms with Crippen LogP contribution in [-0.4, -0.2) is 47.7 Å². The molecule has 0 unspecified atom stereocenters. The Morgan fingerprint density at radius 3 is 2.55 bits per heavy atom. The zero-order valence-corrected chi connectivity index (χ0v) is 18.8. The third-order valence-corrected chi connectivity index (χ3v) is 6.91. The number of nitrogens with zero attached hydrogens (tertiary/aromatic N) is 5. The number of benzene rings is 2. The van der Waals surface area contributed by atoms with Gasteiger partial charge in [-0.25, -0.2) is 23.4 Å². The standard InChI is InChI=1S/C23H21N7O2S/c1-30(2)21-11-18-20(12-24-21)25-14-26-22(18)27-16-8-9-17-19(10-16)28-29-23(17)33(31,32)13-15-6-4-3-5-7-15/h3-12,14H,13H2,1-2H3,(H,28,29)(H,25,26,27). The minimum absolute atomic E-state index is 0.0969. The van der Waals surface area contributed by atoms with Crippen molar-refractivity contribution in [2.75, 3.05) is 24.3 Å². The first kappa shape index (κ1) is 20.8. The number of sulfone groups is 1. The topological polar surface area (TPSA) is 117 Å². The Hall–Kier alpha value is -4.05. The van der Waals surface area contributed by atoms with Crippen molar-refractivity contribution in [3.8, 4) is 0 Å². The van der Waals surface area contributed by atoms with Crippen LogP contribution in [0, 0.1) is 0 Å². The van der Waals surface area contributed by atoms with Crippen molar-refractivity contribution >= 4 is 49.0 Å². The summed E-state index contributed by atoms with van der Waals surface area (Å²) in [6.07, 6.45) is 3.18. The molecular weight excluding hydrogens is 438 g/mol. The van der Waals surface area contributed by atoms with Crippen LogP contribution in [0.3, 0.4) is 0 Å². The molecule has 0 amide bonds. The van der Waals surface area contributed by atoms with Crippen LogP contribution in [0.25, 0.3) is 21.8 Å². The number of hydrogen-bond donors (Lipinski definition) is 2. The van der Waals surface area contributed by atoms with Gasteiger partial charge in [-0.05, 0) is 29.8 Å². The van der Waals surface area contributed by atoms with E-state index < -0.39 is 9.84 Å². The van der Waals surface area contributed by atoms with Gasteiger partial charge in [0.25, 0.3) is 0 Å². The SMILES string of the molecule is CN(C)c1cc2c(Nc3ccc4c(S(=O)(=O)Cc5ccccc5)[nH]nc4c3)ncnc2cn1. The van der Waals surface area contributed by atoms with E-state index in [1.807, 2.05) is 43.3 Å². The van der Waals surface area contributed by atoms with E-state index >= 15 is 0 Å². The summed E-state index contributed by atoms with van der Waals surface area (Å²) in [5.41, 5.74) is 2.71. The Bertz CT molecular complexity index is 1560. The third-order valence-electron chi connectivity index (χ3n) is 5.26. The van der Waals surface area contributed by atoms with Gasteiger partial charge in [0.15, 0.2) is 14.9 Å². The number of hydrogen-bond acceptors (Lipinski definition) is 8. The number of rotatable bonds is 6. The van der Waals surface area contributed by atoms with Crippen molar-refractivity contribution < 1.29 is 8.42 Å². The molecule has 2 N–H and O–H groups in total. The number of anilines is 3. The minimum atomic E-state index is -3.58. The Labute approximate surface area is 190 Å². The zero-order valence-electron chi connectivity index (χ0n) is 18.0. The summed E-state index contributed by atoms with van der Waals surface area (Å²) < 4.78 is 25.9. The Morgan fingerprint density at radius 2 is 1.76 bits per heavy atom. The van der Waals surface area contributed by atoms with Gasteiger partial charge in [0, 0.05) is 30.6 Å². The highest BCUT2D eigenvalue weighted by molar-refractivity contribution is 7.90. The van der Waals surface area contributed by atoms with Gasteiger partial charge in [0.2, 0.25) is 0 Å². The van der Waals surface area contributed by atoms with Gasteiger partial charge >= 0.3 is 0 Å². The van der Waals surface area contributed by atoms with Gasteiger partial charge in [-0.3, -0.25) is 5.10 Å². The smallest absolute Gasteiger partial charge is 0.199 e. The quantitative estimate of drug-likeness (QED) is 0.395. The van der Waals surface area contributed by atoms with Crippen LogP contribution >= 0.6 is 0 Å². The highest BCUT2D eigenvalue weighted by atomic mass is 32.2. The van der Waals surface area contributed by atoms with E-state index in [2.05, 4.69) is 30.5 Å². The first-order valence-corrected chi connectivity index (χ1v) is 11.9. The lowest BCUT2D eigenvalue weighted by molar-refractivity contribution is 0.592. The summed E-state index contributed by atoms with van der Waals surface area (Å²) in [4.78, 5) is 15.0. The van der Waals surface area contributed by atoms with Crippen LogP contribution in [0.1, 0.15) is 5.56 Å². The predicted molar refractivity (Wildman–Crippen MR) is 128 cm³/mol. The number of H-pyrrole nitrogens is 1. The maximum absolute atomic E-state index is 13.0. The summed E-state index contributed by atoms with van der Waals surface area (Å²) in [7, 11) is 0.253. The first-order chi connectivity index (χ1) is 15.9. The fourth-order valence-electron chi connectivity index (χ4n) is 3.60. The first-order valence-electron chi connectivity index (χ1n) is 10.2. The molecule has 3 heterocycles. The molecule has 0 atom stereocenters.